The highest BCUT2D eigenvalue weighted by Crippen LogP contribution is 2.42. The predicted octanol–water partition coefficient (Wildman–Crippen LogP) is 5.74. The average Bonchev–Trinajstić information content (AvgIpc) is 2.69. The smallest absolute Gasteiger partial charge is 0.170 e. The Labute approximate surface area is 139 Å². The Balaban J connectivity index is 1.98. The van der Waals surface area contributed by atoms with E-state index >= 15 is 0 Å². The lowest BCUT2D eigenvalue weighted by Gasteiger charge is -2.24. The second-order valence-corrected chi connectivity index (χ2v) is 8.32. The van der Waals surface area contributed by atoms with Crippen molar-refractivity contribution in [1.29, 1.82) is 0 Å². The molecule has 2 nitrogen and oxygen atoms in total. The quantitative estimate of drug-likeness (QED) is 0.535. The van der Waals surface area contributed by atoms with Crippen molar-refractivity contribution in [3.8, 4) is 5.75 Å². The fraction of sp³-hybridized carbons (Fsp3) is 0.154. The van der Waals surface area contributed by atoms with Crippen LogP contribution in [-0.4, -0.2) is 5.78 Å². The number of ether oxygens (including phenoxy) is 1. The molecule has 2 aromatic rings. The highest BCUT2D eigenvalue weighted by Gasteiger charge is 2.29. The molecule has 0 amide bonds. The highest BCUT2D eigenvalue weighted by molar-refractivity contribution is 9.13. The van der Waals surface area contributed by atoms with Gasteiger partial charge in [-0.3, -0.25) is 4.79 Å². The van der Waals surface area contributed by atoms with E-state index in [0.29, 0.717) is 17.7 Å². The fourth-order valence-electron chi connectivity index (χ4n) is 1.98. The van der Waals surface area contributed by atoms with Gasteiger partial charge in [0.05, 0.1) is 15.8 Å². The van der Waals surface area contributed by atoms with Gasteiger partial charge < -0.3 is 4.74 Å². The molecule has 1 aromatic heterocycles. The minimum Gasteiger partial charge on any atom is -0.484 e. The summed E-state index contributed by atoms with van der Waals surface area (Å²) in [7, 11) is 0. The summed E-state index contributed by atoms with van der Waals surface area (Å²) in [5, 5.41) is 0. The molecular weight excluding hydrogens is 460 g/mol. The van der Waals surface area contributed by atoms with Crippen molar-refractivity contribution >= 4 is 64.9 Å². The lowest BCUT2D eigenvalue weighted by molar-refractivity contribution is 0.0854. The number of hydrogen-bond acceptors (Lipinski definition) is 3. The SMILES string of the molecule is O=C1CC(c2cc(Br)c(Br)s2)Oc2cc(Br)ccc21. The molecule has 1 aliphatic rings. The molecule has 98 valence electrons. The van der Waals surface area contributed by atoms with Crippen molar-refractivity contribution in [2.75, 3.05) is 0 Å². The molecule has 3 rings (SSSR count). The lowest BCUT2D eigenvalue weighted by Crippen LogP contribution is -2.19. The number of halogens is 3. The molecule has 2 heterocycles. The monoisotopic (exact) mass is 464 g/mol. The summed E-state index contributed by atoms with van der Waals surface area (Å²) in [5.41, 5.74) is 0.661. The minimum atomic E-state index is -0.207. The van der Waals surface area contributed by atoms with Crippen LogP contribution in [0.5, 0.6) is 5.75 Å². The second-order valence-electron chi connectivity index (χ2n) is 4.14. The van der Waals surface area contributed by atoms with Gasteiger partial charge in [-0.25, -0.2) is 0 Å². The van der Waals surface area contributed by atoms with Crippen molar-refractivity contribution in [3.63, 3.8) is 0 Å². The Morgan fingerprint density at radius 2 is 2.00 bits per heavy atom. The van der Waals surface area contributed by atoms with Gasteiger partial charge in [-0.05, 0) is 56.1 Å². The molecule has 1 unspecified atom stereocenters. The Morgan fingerprint density at radius 3 is 2.68 bits per heavy atom. The molecule has 0 fully saturated rings. The summed E-state index contributed by atoms with van der Waals surface area (Å²) in [6.07, 6.45) is 0.176. The van der Waals surface area contributed by atoms with E-state index in [1.807, 2.05) is 18.2 Å². The van der Waals surface area contributed by atoms with Gasteiger partial charge in [-0.1, -0.05) is 15.9 Å². The number of thiophene rings is 1. The van der Waals surface area contributed by atoms with Gasteiger partial charge in [0.15, 0.2) is 5.78 Å². The lowest BCUT2D eigenvalue weighted by atomic mass is 10.00. The number of rotatable bonds is 1. The number of carbonyl (C=O) groups is 1. The van der Waals surface area contributed by atoms with Crippen molar-refractivity contribution in [2.24, 2.45) is 0 Å². The van der Waals surface area contributed by atoms with E-state index in [0.717, 1.165) is 17.6 Å². The van der Waals surface area contributed by atoms with Crippen molar-refractivity contribution in [3.05, 3.63) is 47.4 Å². The van der Waals surface area contributed by atoms with E-state index < -0.39 is 0 Å². The van der Waals surface area contributed by atoms with Crippen LogP contribution >= 0.6 is 59.1 Å². The predicted molar refractivity (Wildman–Crippen MR) is 86.2 cm³/mol. The third-order valence-electron chi connectivity index (χ3n) is 2.87. The first-order chi connectivity index (χ1) is 9.04. The molecule has 0 spiro atoms. The minimum absolute atomic E-state index is 0.124. The second kappa shape index (κ2) is 5.31. The largest absolute Gasteiger partial charge is 0.484 e. The maximum absolute atomic E-state index is 12.2. The summed E-state index contributed by atoms with van der Waals surface area (Å²) < 4.78 is 8.87. The van der Waals surface area contributed by atoms with Crippen LogP contribution in [0.4, 0.5) is 0 Å². The van der Waals surface area contributed by atoms with Crippen LogP contribution in [0.1, 0.15) is 27.8 Å². The summed E-state index contributed by atoms with van der Waals surface area (Å²) in [6, 6.07) is 7.50. The number of carbonyl (C=O) groups excluding carboxylic acids is 1. The molecule has 1 atom stereocenters. The van der Waals surface area contributed by atoms with Crippen LogP contribution < -0.4 is 4.74 Å². The third kappa shape index (κ3) is 2.68. The Bertz CT molecular complexity index is 646. The molecule has 19 heavy (non-hydrogen) atoms. The average molecular weight is 467 g/mol. The molecule has 0 aliphatic carbocycles. The molecule has 0 radical (unpaired) electrons. The number of fused-ring (bicyclic) bond motifs is 1. The first-order valence-electron chi connectivity index (χ1n) is 5.49. The Kier molecular flexibility index (Phi) is 3.86. The number of hydrogen-bond donors (Lipinski definition) is 0. The summed E-state index contributed by atoms with van der Waals surface area (Å²) in [4.78, 5) is 13.2. The maximum atomic E-state index is 12.2. The van der Waals surface area contributed by atoms with Gasteiger partial charge in [-0.2, -0.15) is 0 Å². The van der Waals surface area contributed by atoms with E-state index in [2.05, 4.69) is 47.8 Å². The Morgan fingerprint density at radius 1 is 1.21 bits per heavy atom. The van der Waals surface area contributed by atoms with Gasteiger partial charge >= 0.3 is 0 Å². The van der Waals surface area contributed by atoms with E-state index in [9.17, 15) is 4.79 Å². The molecular formula is C13H7Br3O2S. The first kappa shape index (κ1) is 13.8. The molecule has 1 aromatic carbocycles. The van der Waals surface area contributed by atoms with Gasteiger partial charge in [0.1, 0.15) is 11.9 Å². The number of benzene rings is 1. The van der Waals surface area contributed by atoms with Crippen LogP contribution in [-0.2, 0) is 0 Å². The van der Waals surface area contributed by atoms with Gasteiger partial charge in [-0.15, -0.1) is 11.3 Å². The van der Waals surface area contributed by atoms with E-state index in [4.69, 9.17) is 4.74 Å². The van der Waals surface area contributed by atoms with E-state index in [1.54, 1.807) is 17.4 Å². The summed E-state index contributed by atoms with van der Waals surface area (Å²) >= 11 is 11.9. The van der Waals surface area contributed by atoms with Crippen LogP contribution in [0.15, 0.2) is 37.0 Å². The topological polar surface area (TPSA) is 26.3 Å². The van der Waals surface area contributed by atoms with E-state index in [-0.39, 0.29) is 11.9 Å². The van der Waals surface area contributed by atoms with Crippen LogP contribution in [0.25, 0.3) is 0 Å². The van der Waals surface area contributed by atoms with Crippen LogP contribution in [0.3, 0.4) is 0 Å². The maximum Gasteiger partial charge on any atom is 0.170 e. The van der Waals surface area contributed by atoms with Crippen molar-refractivity contribution < 1.29 is 9.53 Å². The summed E-state index contributed by atoms with van der Waals surface area (Å²) in [6.45, 7) is 0. The zero-order valence-electron chi connectivity index (χ0n) is 9.45. The standard InChI is InChI=1S/C13H7Br3O2S/c14-6-1-2-7-9(17)5-11(18-10(7)3-6)12-4-8(15)13(16)19-12/h1-4,11H,5H2. The normalized spacial score (nSPS) is 18.1. The fourth-order valence-corrected chi connectivity index (χ4v) is 4.44. The van der Waals surface area contributed by atoms with Crippen LogP contribution in [0.2, 0.25) is 0 Å². The van der Waals surface area contributed by atoms with Gasteiger partial charge in [0, 0.05) is 13.8 Å². The molecule has 0 N–H and O–H groups in total. The third-order valence-corrected chi connectivity index (χ3v) is 6.71. The first-order valence-corrected chi connectivity index (χ1v) is 8.68. The Hall–Kier alpha value is -0.170. The zero-order chi connectivity index (χ0) is 13.6. The molecule has 0 saturated carbocycles. The van der Waals surface area contributed by atoms with Gasteiger partial charge in [0.25, 0.3) is 0 Å². The molecule has 0 saturated heterocycles. The number of ketones is 1. The highest BCUT2D eigenvalue weighted by atomic mass is 79.9. The molecule has 1 aliphatic heterocycles. The summed E-state index contributed by atoms with van der Waals surface area (Å²) in [5.74, 6) is 0.774. The van der Waals surface area contributed by atoms with Crippen LogP contribution in [0, 0.1) is 0 Å². The molecule has 0 bridgehead atoms. The molecule has 6 heteroatoms. The van der Waals surface area contributed by atoms with E-state index in [1.165, 1.54) is 0 Å². The van der Waals surface area contributed by atoms with Gasteiger partial charge in [0.2, 0.25) is 0 Å². The number of Topliss-reactive ketones (excluding diaryl/α,β-unsaturated/α-hetero) is 1. The van der Waals surface area contributed by atoms with Crippen molar-refractivity contribution in [1.82, 2.24) is 0 Å². The van der Waals surface area contributed by atoms with Crippen molar-refractivity contribution in [2.45, 2.75) is 12.5 Å². The zero-order valence-corrected chi connectivity index (χ0v) is 15.0.